The Morgan fingerprint density at radius 2 is 1.89 bits per heavy atom. The molecule has 1 aliphatic rings. The van der Waals surface area contributed by atoms with Crippen LogP contribution in [0.5, 0.6) is 5.75 Å². The third-order valence-electron chi connectivity index (χ3n) is 5.44. The highest BCUT2D eigenvalue weighted by Gasteiger charge is 2.33. The van der Waals surface area contributed by atoms with E-state index in [0.717, 1.165) is 11.3 Å². The summed E-state index contributed by atoms with van der Waals surface area (Å²) in [5.41, 5.74) is 1.16. The molecule has 2 aromatic carbocycles. The first-order valence-corrected chi connectivity index (χ1v) is 11.6. The Labute approximate surface area is 204 Å². The Hall–Kier alpha value is -4.05. The summed E-state index contributed by atoms with van der Waals surface area (Å²) in [5.74, 6) is 0.0691. The average molecular weight is 494 g/mol. The summed E-state index contributed by atoms with van der Waals surface area (Å²) in [4.78, 5) is 42.6. The Morgan fingerprint density at radius 1 is 1.20 bits per heavy atom. The van der Waals surface area contributed by atoms with Gasteiger partial charge < -0.3 is 9.47 Å². The van der Waals surface area contributed by atoms with E-state index in [1.807, 2.05) is 0 Å². The van der Waals surface area contributed by atoms with Crippen molar-refractivity contribution in [1.82, 2.24) is 4.57 Å². The fraction of sp³-hybridized carbons (Fsp3) is 0.240. The molecule has 0 unspecified atom stereocenters. The van der Waals surface area contributed by atoms with Crippen LogP contribution in [0.4, 0.5) is 5.69 Å². The number of nitrogens with zero attached hydrogens (tertiary/aromatic N) is 3. The van der Waals surface area contributed by atoms with Crippen LogP contribution in [-0.4, -0.2) is 28.7 Å². The van der Waals surface area contributed by atoms with Gasteiger partial charge >= 0.3 is 5.97 Å². The second-order valence-electron chi connectivity index (χ2n) is 8.12. The zero-order valence-electron chi connectivity index (χ0n) is 19.6. The number of esters is 1. The van der Waals surface area contributed by atoms with Gasteiger partial charge in [-0.25, -0.2) is 9.79 Å². The molecule has 0 saturated carbocycles. The molecule has 0 N–H and O–H groups in total. The number of para-hydroxylation sites is 1. The number of thiazole rings is 1. The van der Waals surface area contributed by atoms with Crippen LogP contribution >= 0.6 is 11.3 Å². The molecule has 180 valence electrons. The van der Waals surface area contributed by atoms with Crippen LogP contribution < -0.4 is 19.6 Å². The van der Waals surface area contributed by atoms with Crippen LogP contribution in [0.2, 0.25) is 0 Å². The highest BCUT2D eigenvalue weighted by Crippen LogP contribution is 2.32. The van der Waals surface area contributed by atoms with Gasteiger partial charge in [-0.15, -0.1) is 0 Å². The summed E-state index contributed by atoms with van der Waals surface area (Å²) in [5, 5.41) is 11.4. The van der Waals surface area contributed by atoms with Gasteiger partial charge in [0.25, 0.3) is 11.2 Å². The highest BCUT2D eigenvalue weighted by atomic mass is 32.1. The van der Waals surface area contributed by atoms with Crippen molar-refractivity contribution in [2.75, 3.05) is 7.11 Å². The van der Waals surface area contributed by atoms with Crippen LogP contribution in [0.15, 0.2) is 69.6 Å². The first-order valence-electron chi connectivity index (χ1n) is 10.8. The topological polar surface area (TPSA) is 113 Å². The van der Waals surface area contributed by atoms with Gasteiger partial charge in [-0.3, -0.25) is 19.5 Å². The number of fused-ring (bicyclic) bond motifs is 1. The smallest absolute Gasteiger partial charge is 0.338 e. The van der Waals surface area contributed by atoms with E-state index in [4.69, 9.17) is 9.47 Å². The van der Waals surface area contributed by atoms with Gasteiger partial charge in [0.2, 0.25) is 0 Å². The summed E-state index contributed by atoms with van der Waals surface area (Å²) < 4.78 is 12.4. The fourth-order valence-electron chi connectivity index (χ4n) is 3.88. The number of hydrogen-bond donors (Lipinski definition) is 0. The number of methoxy groups -OCH3 is 1. The monoisotopic (exact) mass is 493 g/mol. The fourth-order valence-corrected chi connectivity index (χ4v) is 4.92. The maximum Gasteiger partial charge on any atom is 0.338 e. The molecule has 1 aromatic heterocycles. The lowest BCUT2D eigenvalue weighted by Crippen LogP contribution is -2.40. The van der Waals surface area contributed by atoms with Gasteiger partial charge in [-0.1, -0.05) is 35.6 Å². The third kappa shape index (κ3) is 4.65. The van der Waals surface area contributed by atoms with E-state index in [2.05, 4.69) is 4.99 Å². The lowest BCUT2D eigenvalue weighted by molar-refractivity contribution is -0.385. The number of carbonyl (C=O) groups is 1. The van der Waals surface area contributed by atoms with E-state index >= 15 is 0 Å². The molecule has 0 spiro atoms. The molecule has 0 aliphatic carbocycles. The molecule has 3 aromatic rings. The Bertz CT molecular complexity index is 1520. The molecule has 4 rings (SSSR count). The number of nitro benzene ring substituents is 1. The summed E-state index contributed by atoms with van der Waals surface area (Å²) >= 11 is 1.11. The van der Waals surface area contributed by atoms with Gasteiger partial charge in [0.15, 0.2) is 4.80 Å². The molecule has 2 heterocycles. The number of allylic oxidation sites excluding steroid dienone is 1. The molecule has 0 fully saturated rings. The summed E-state index contributed by atoms with van der Waals surface area (Å²) in [6, 6.07) is 12.5. The minimum absolute atomic E-state index is 0.109. The molecule has 1 aliphatic heterocycles. The van der Waals surface area contributed by atoms with E-state index in [-0.39, 0.29) is 21.9 Å². The lowest BCUT2D eigenvalue weighted by atomic mass is 9.96. The number of rotatable bonds is 6. The normalized spacial score (nSPS) is 15.6. The molecule has 10 heteroatoms. The van der Waals surface area contributed by atoms with Crippen LogP contribution in [0.25, 0.3) is 6.08 Å². The minimum Gasteiger partial charge on any atom is -0.497 e. The van der Waals surface area contributed by atoms with E-state index in [9.17, 15) is 19.7 Å². The van der Waals surface area contributed by atoms with Gasteiger partial charge in [0.1, 0.15) is 5.75 Å². The van der Waals surface area contributed by atoms with Crippen molar-refractivity contribution in [3.63, 3.8) is 0 Å². The Kier molecular flexibility index (Phi) is 6.65. The van der Waals surface area contributed by atoms with E-state index in [1.54, 1.807) is 70.3 Å². The van der Waals surface area contributed by atoms with Gasteiger partial charge in [-0.2, -0.15) is 0 Å². The minimum atomic E-state index is -0.781. The van der Waals surface area contributed by atoms with Crippen LogP contribution in [0.3, 0.4) is 0 Å². The Balaban J connectivity index is 1.96. The van der Waals surface area contributed by atoms with Crippen molar-refractivity contribution in [3.05, 3.63) is 101 Å². The van der Waals surface area contributed by atoms with E-state index in [0.29, 0.717) is 27.4 Å². The summed E-state index contributed by atoms with van der Waals surface area (Å²) in [6.07, 6.45) is 1.13. The molecule has 0 bridgehead atoms. The molecular weight excluding hydrogens is 470 g/mol. The van der Waals surface area contributed by atoms with Crippen LogP contribution in [-0.2, 0) is 9.53 Å². The maximum absolute atomic E-state index is 13.6. The number of ether oxygens (including phenoxy) is 2. The first-order chi connectivity index (χ1) is 16.7. The van der Waals surface area contributed by atoms with E-state index in [1.165, 1.54) is 16.7 Å². The predicted octanol–water partition coefficient (Wildman–Crippen LogP) is 3.10. The van der Waals surface area contributed by atoms with Crippen molar-refractivity contribution in [2.45, 2.75) is 32.9 Å². The number of benzene rings is 2. The Morgan fingerprint density at radius 3 is 2.51 bits per heavy atom. The zero-order valence-corrected chi connectivity index (χ0v) is 20.4. The van der Waals surface area contributed by atoms with Crippen molar-refractivity contribution in [3.8, 4) is 5.75 Å². The molecule has 1 atom stereocenters. The molecule has 9 nitrogen and oxygen atoms in total. The first kappa shape index (κ1) is 24.1. The largest absolute Gasteiger partial charge is 0.497 e. The standard InChI is InChI=1S/C25H23N3O6S/c1-14(2)34-24(30)21-15(3)26-25-27(22(21)16-9-11-18(33-4)12-10-16)23(29)20(35-25)13-17-7-5-6-8-19(17)28(31)32/h5-14,22H,1-4H3/b20-13+/t22-/m1/s1. The number of nitro groups is 1. The van der Waals surface area contributed by atoms with Gasteiger partial charge in [0.05, 0.1) is 45.5 Å². The van der Waals surface area contributed by atoms with Crippen molar-refractivity contribution in [2.24, 2.45) is 4.99 Å². The molecule has 0 amide bonds. The number of aromatic nitrogens is 1. The van der Waals surface area contributed by atoms with Crippen LogP contribution in [0, 0.1) is 10.1 Å². The summed E-state index contributed by atoms with van der Waals surface area (Å²) in [7, 11) is 1.55. The highest BCUT2D eigenvalue weighted by molar-refractivity contribution is 7.07. The second kappa shape index (κ2) is 9.67. The molecule has 0 saturated heterocycles. The average Bonchev–Trinajstić information content (AvgIpc) is 3.12. The summed E-state index contributed by atoms with van der Waals surface area (Å²) in [6.45, 7) is 5.20. The number of hydrogen-bond acceptors (Lipinski definition) is 8. The SMILES string of the molecule is COc1ccc([C@@H]2C(C(=O)OC(C)C)=C(C)N=c3s/c(=C/c4ccccc4[N+](=O)[O-])c(=O)n32)cc1. The maximum atomic E-state index is 13.6. The van der Waals surface area contributed by atoms with Crippen molar-refractivity contribution in [1.29, 1.82) is 0 Å². The lowest BCUT2D eigenvalue weighted by Gasteiger charge is -2.25. The van der Waals surface area contributed by atoms with Gasteiger partial charge in [0, 0.05) is 6.07 Å². The quantitative estimate of drug-likeness (QED) is 0.296. The van der Waals surface area contributed by atoms with Crippen molar-refractivity contribution < 1.29 is 19.2 Å². The number of carbonyl (C=O) groups excluding carboxylic acids is 1. The van der Waals surface area contributed by atoms with E-state index < -0.39 is 22.5 Å². The molecule has 35 heavy (non-hydrogen) atoms. The molecular formula is C25H23N3O6S. The third-order valence-corrected chi connectivity index (χ3v) is 6.42. The predicted molar refractivity (Wildman–Crippen MR) is 131 cm³/mol. The van der Waals surface area contributed by atoms with Crippen molar-refractivity contribution >= 4 is 29.1 Å². The zero-order chi connectivity index (χ0) is 25.3. The molecule has 0 radical (unpaired) electrons. The van der Waals surface area contributed by atoms with Crippen LogP contribution in [0.1, 0.15) is 37.9 Å². The van der Waals surface area contributed by atoms with Gasteiger partial charge in [-0.05, 0) is 50.6 Å². The second-order valence-corrected chi connectivity index (χ2v) is 9.13.